The van der Waals surface area contributed by atoms with Crippen LogP contribution in [0.4, 0.5) is 0 Å². The smallest absolute Gasteiger partial charge is 0.145 e. The number of hydrogen-bond donors (Lipinski definition) is 0. The van der Waals surface area contributed by atoms with Gasteiger partial charge in [-0.2, -0.15) is 5.26 Å². The zero-order chi connectivity index (χ0) is 9.90. The van der Waals surface area contributed by atoms with Crippen molar-refractivity contribution in [3.63, 3.8) is 0 Å². The van der Waals surface area contributed by atoms with Crippen molar-refractivity contribution in [1.82, 2.24) is 0 Å². The quantitative estimate of drug-likeness (QED) is 0.534. The second kappa shape index (κ2) is 3.59. The predicted octanol–water partition coefficient (Wildman–Crippen LogP) is 2.21. The predicted molar refractivity (Wildman–Crippen MR) is 50.4 cm³/mol. The number of carbonyl (C=O) groups is 1. The Labute approximate surface area is 81.7 Å². The maximum atomic E-state index is 10.6. The molecule has 3 heteroatoms. The van der Waals surface area contributed by atoms with Crippen molar-refractivity contribution in [2.45, 2.75) is 11.8 Å². The SMILES string of the molecule is CC(Cl)(C=O)c1cccc(C#N)c1. The molecule has 0 saturated heterocycles. The topological polar surface area (TPSA) is 40.9 Å². The van der Waals surface area contributed by atoms with Crippen molar-refractivity contribution in [3.8, 4) is 6.07 Å². The summed E-state index contributed by atoms with van der Waals surface area (Å²) in [5.41, 5.74) is 1.15. The second-order valence-electron chi connectivity index (χ2n) is 2.89. The van der Waals surface area contributed by atoms with Gasteiger partial charge in [0.1, 0.15) is 11.2 Å². The zero-order valence-electron chi connectivity index (χ0n) is 7.12. The molecule has 1 aromatic carbocycles. The first kappa shape index (κ1) is 9.76. The van der Waals surface area contributed by atoms with Gasteiger partial charge in [-0.1, -0.05) is 12.1 Å². The fourth-order valence-electron chi connectivity index (χ4n) is 0.961. The fraction of sp³-hybridized carbons (Fsp3) is 0.200. The van der Waals surface area contributed by atoms with Crippen LogP contribution in [-0.4, -0.2) is 6.29 Å². The van der Waals surface area contributed by atoms with E-state index in [-0.39, 0.29) is 0 Å². The Morgan fingerprint density at radius 3 is 2.85 bits per heavy atom. The molecule has 0 spiro atoms. The Kier molecular flexibility index (Phi) is 2.69. The van der Waals surface area contributed by atoms with Crippen LogP contribution in [0.3, 0.4) is 0 Å². The zero-order valence-corrected chi connectivity index (χ0v) is 7.88. The van der Waals surface area contributed by atoms with E-state index in [1.807, 2.05) is 6.07 Å². The van der Waals surface area contributed by atoms with Crippen molar-refractivity contribution in [2.75, 3.05) is 0 Å². The third kappa shape index (κ3) is 2.07. The number of alkyl halides is 1. The molecular formula is C10H8ClNO. The number of aldehydes is 1. The molecule has 0 saturated carbocycles. The monoisotopic (exact) mass is 193 g/mol. The van der Waals surface area contributed by atoms with Gasteiger partial charge in [0.05, 0.1) is 11.6 Å². The number of nitrogens with zero attached hydrogens (tertiary/aromatic N) is 1. The van der Waals surface area contributed by atoms with Crippen molar-refractivity contribution in [3.05, 3.63) is 35.4 Å². The molecule has 0 aromatic heterocycles. The lowest BCUT2D eigenvalue weighted by atomic mass is 10.00. The van der Waals surface area contributed by atoms with Gasteiger partial charge in [0, 0.05) is 0 Å². The van der Waals surface area contributed by atoms with Gasteiger partial charge in [-0.15, -0.1) is 11.6 Å². The van der Waals surface area contributed by atoms with E-state index in [1.54, 1.807) is 31.2 Å². The maximum Gasteiger partial charge on any atom is 0.145 e. The van der Waals surface area contributed by atoms with Crippen LogP contribution in [0, 0.1) is 11.3 Å². The van der Waals surface area contributed by atoms with E-state index in [9.17, 15) is 4.79 Å². The van der Waals surface area contributed by atoms with Gasteiger partial charge >= 0.3 is 0 Å². The van der Waals surface area contributed by atoms with Crippen LogP contribution >= 0.6 is 11.6 Å². The van der Waals surface area contributed by atoms with Crippen molar-refractivity contribution >= 4 is 17.9 Å². The van der Waals surface area contributed by atoms with E-state index in [0.717, 1.165) is 0 Å². The number of nitriles is 1. The van der Waals surface area contributed by atoms with Crippen LogP contribution in [0.5, 0.6) is 0 Å². The first-order chi connectivity index (χ1) is 6.10. The molecule has 66 valence electrons. The molecule has 1 aromatic rings. The average molecular weight is 194 g/mol. The molecule has 0 aliphatic heterocycles. The molecule has 0 N–H and O–H groups in total. The van der Waals surface area contributed by atoms with Crippen molar-refractivity contribution in [1.29, 1.82) is 5.26 Å². The number of carbonyl (C=O) groups excluding carboxylic acids is 1. The minimum Gasteiger partial charge on any atom is -0.301 e. The van der Waals surface area contributed by atoms with Crippen LogP contribution < -0.4 is 0 Å². The molecular weight excluding hydrogens is 186 g/mol. The Balaban J connectivity index is 3.17. The third-order valence-corrected chi connectivity index (χ3v) is 2.08. The molecule has 0 amide bonds. The summed E-state index contributed by atoms with van der Waals surface area (Å²) in [6, 6.07) is 8.70. The van der Waals surface area contributed by atoms with E-state index >= 15 is 0 Å². The fourth-order valence-corrected chi connectivity index (χ4v) is 1.08. The minimum atomic E-state index is -1.03. The highest BCUT2D eigenvalue weighted by atomic mass is 35.5. The van der Waals surface area contributed by atoms with E-state index in [0.29, 0.717) is 17.4 Å². The van der Waals surface area contributed by atoms with Crippen LogP contribution in [0.25, 0.3) is 0 Å². The molecule has 0 aliphatic rings. The first-order valence-corrected chi connectivity index (χ1v) is 4.14. The molecule has 0 aliphatic carbocycles. The number of hydrogen-bond acceptors (Lipinski definition) is 2. The molecule has 13 heavy (non-hydrogen) atoms. The second-order valence-corrected chi connectivity index (χ2v) is 3.67. The van der Waals surface area contributed by atoms with Gasteiger partial charge in [0.25, 0.3) is 0 Å². The average Bonchev–Trinajstić information content (AvgIpc) is 2.18. The van der Waals surface area contributed by atoms with Gasteiger partial charge < -0.3 is 4.79 Å². The summed E-state index contributed by atoms with van der Waals surface area (Å²) in [5.74, 6) is 0. The Bertz CT molecular complexity index is 365. The highest BCUT2D eigenvalue weighted by Gasteiger charge is 2.22. The largest absolute Gasteiger partial charge is 0.301 e. The van der Waals surface area contributed by atoms with Crippen molar-refractivity contribution in [2.24, 2.45) is 0 Å². The van der Waals surface area contributed by atoms with E-state index in [1.165, 1.54) is 0 Å². The molecule has 1 rings (SSSR count). The minimum absolute atomic E-state index is 0.506. The summed E-state index contributed by atoms with van der Waals surface area (Å²) in [7, 11) is 0. The molecule has 1 unspecified atom stereocenters. The summed E-state index contributed by atoms with van der Waals surface area (Å²) in [4.78, 5) is 9.58. The van der Waals surface area contributed by atoms with Crippen LogP contribution in [0.1, 0.15) is 18.1 Å². The standard InChI is InChI=1S/C10H8ClNO/c1-10(11,7-13)9-4-2-3-8(5-9)6-12/h2-5,7H,1H3. The Morgan fingerprint density at radius 1 is 1.62 bits per heavy atom. The molecule has 0 bridgehead atoms. The normalized spacial score (nSPS) is 14.2. The summed E-state index contributed by atoms with van der Waals surface area (Å²) in [6.07, 6.45) is 0.658. The Hall–Kier alpha value is -1.33. The van der Waals surface area contributed by atoms with Gasteiger partial charge in [-0.3, -0.25) is 0 Å². The van der Waals surface area contributed by atoms with E-state index in [2.05, 4.69) is 0 Å². The highest BCUT2D eigenvalue weighted by molar-refractivity contribution is 6.31. The molecule has 0 radical (unpaired) electrons. The molecule has 1 atom stereocenters. The van der Waals surface area contributed by atoms with Gasteiger partial charge in [0.15, 0.2) is 0 Å². The number of halogens is 1. The van der Waals surface area contributed by atoms with E-state index in [4.69, 9.17) is 16.9 Å². The third-order valence-electron chi connectivity index (χ3n) is 1.78. The van der Waals surface area contributed by atoms with E-state index < -0.39 is 4.87 Å². The summed E-state index contributed by atoms with van der Waals surface area (Å²) in [5, 5.41) is 8.62. The van der Waals surface area contributed by atoms with Crippen LogP contribution in [0.2, 0.25) is 0 Å². The van der Waals surface area contributed by atoms with Crippen LogP contribution in [-0.2, 0) is 9.67 Å². The van der Waals surface area contributed by atoms with Crippen LogP contribution in [0.15, 0.2) is 24.3 Å². The highest BCUT2D eigenvalue weighted by Crippen LogP contribution is 2.26. The lowest BCUT2D eigenvalue weighted by Gasteiger charge is -2.14. The Morgan fingerprint density at radius 2 is 2.31 bits per heavy atom. The lowest BCUT2D eigenvalue weighted by molar-refractivity contribution is -0.109. The molecule has 2 nitrogen and oxygen atoms in total. The lowest BCUT2D eigenvalue weighted by Crippen LogP contribution is -2.15. The summed E-state index contributed by atoms with van der Waals surface area (Å²) < 4.78 is 0. The van der Waals surface area contributed by atoms with Crippen molar-refractivity contribution < 1.29 is 4.79 Å². The molecule has 0 fully saturated rings. The number of rotatable bonds is 2. The maximum absolute atomic E-state index is 10.6. The molecule has 0 heterocycles. The van der Waals surface area contributed by atoms with Gasteiger partial charge in [-0.25, -0.2) is 0 Å². The summed E-state index contributed by atoms with van der Waals surface area (Å²) >= 11 is 5.90. The summed E-state index contributed by atoms with van der Waals surface area (Å²) in [6.45, 7) is 1.60. The number of benzene rings is 1. The van der Waals surface area contributed by atoms with Gasteiger partial charge in [0.2, 0.25) is 0 Å². The van der Waals surface area contributed by atoms with Gasteiger partial charge in [-0.05, 0) is 24.6 Å². The first-order valence-electron chi connectivity index (χ1n) is 3.76.